The Kier molecular flexibility index (Phi) is 6.63. The van der Waals surface area contributed by atoms with Crippen molar-refractivity contribution in [2.75, 3.05) is 31.4 Å². The number of rotatable bonds is 8. The zero-order valence-electron chi connectivity index (χ0n) is 16.4. The highest BCUT2D eigenvalue weighted by atomic mass is 32.2. The summed E-state index contributed by atoms with van der Waals surface area (Å²) in [5.41, 5.74) is 0.802. The summed E-state index contributed by atoms with van der Waals surface area (Å²) in [5.74, 6) is 1.49. The number of nitrogens with zero attached hydrogens (tertiary/aromatic N) is 4. The highest BCUT2D eigenvalue weighted by Gasteiger charge is 2.32. The Labute approximate surface area is 174 Å². The second kappa shape index (κ2) is 9.00. The first-order valence-electron chi connectivity index (χ1n) is 9.12. The largest absolute Gasteiger partial charge is 0.496 e. The summed E-state index contributed by atoms with van der Waals surface area (Å²) in [5, 5.41) is 9.13. The molecule has 0 saturated carbocycles. The summed E-state index contributed by atoms with van der Waals surface area (Å²) in [6, 6.07) is 7.26. The number of hydrogen-bond acceptors (Lipinski definition) is 7. The third-order valence-electron chi connectivity index (χ3n) is 4.85. The summed E-state index contributed by atoms with van der Waals surface area (Å²) in [6.07, 6.45) is 2.23. The van der Waals surface area contributed by atoms with Crippen LogP contribution in [0, 0.1) is 0 Å². The molecule has 1 unspecified atom stereocenters. The molecule has 1 aromatic carbocycles. The van der Waals surface area contributed by atoms with Crippen LogP contribution in [0.4, 0.5) is 0 Å². The Bertz CT molecular complexity index is 1000. The van der Waals surface area contributed by atoms with Crippen LogP contribution in [0.5, 0.6) is 5.75 Å². The van der Waals surface area contributed by atoms with Crippen LogP contribution in [-0.2, 0) is 21.2 Å². The molecule has 1 aliphatic heterocycles. The lowest BCUT2D eigenvalue weighted by Crippen LogP contribution is -2.38. The van der Waals surface area contributed by atoms with Gasteiger partial charge in [0.25, 0.3) is 0 Å². The maximum atomic E-state index is 12.6. The lowest BCUT2D eigenvalue weighted by Gasteiger charge is -2.23. The smallest absolute Gasteiger partial charge is 0.233 e. The average molecular weight is 437 g/mol. The molecule has 3 rings (SSSR count). The molecule has 1 atom stereocenters. The van der Waals surface area contributed by atoms with Crippen molar-refractivity contribution >= 4 is 27.5 Å². The molecule has 1 aliphatic rings. The first kappa shape index (κ1) is 21.4. The van der Waals surface area contributed by atoms with Gasteiger partial charge in [0.05, 0.1) is 29.9 Å². The molecule has 0 spiro atoms. The van der Waals surface area contributed by atoms with E-state index in [2.05, 4.69) is 16.8 Å². The lowest BCUT2D eigenvalue weighted by molar-refractivity contribution is -0.128. The fraction of sp³-hybridized carbons (Fsp3) is 0.421. The molecule has 2 aromatic rings. The van der Waals surface area contributed by atoms with Crippen LogP contribution in [-0.4, -0.2) is 71.4 Å². The molecule has 0 radical (unpaired) electrons. The molecule has 10 heteroatoms. The third-order valence-corrected chi connectivity index (χ3v) is 7.55. The van der Waals surface area contributed by atoms with Crippen molar-refractivity contribution in [3.8, 4) is 17.1 Å². The first-order chi connectivity index (χ1) is 13.9. The maximum absolute atomic E-state index is 12.6. The second-order valence-electron chi connectivity index (χ2n) is 6.76. The molecule has 1 amide bonds. The van der Waals surface area contributed by atoms with E-state index in [0.29, 0.717) is 29.7 Å². The number of allylic oxidation sites excluding steroid dienone is 1. The normalized spacial score (nSPS) is 17.8. The van der Waals surface area contributed by atoms with Crippen LogP contribution in [0.15, 0.2) is 42.1 Å². The van der Waals surface area contributed by atoms with Gasteiger partial charge >= 0.3 is 0 Å². The topological polar surface area (TPSA) is 94.4 Å². The minimum Gasteiger partial charge on any atom is -0.496 e. The number of aromatic nitrogens is 3. The van der Waals surface area contributed by atoms with Gasteiger partial charge in [-0.05, 0) is 18.6 Å². The fourth-order valence-electron chi connectivity index (χ4n) is 3.23. The lowest BCUT2D eigenvalue weighted by atomic mass is 10.2. The summed E-state index contributed by atoms with van der Waals surface area (Å²) < 4.78 is 30.6. The van der Waals surface area contributed by atoms with E-state index in [1.165, 1.54) is 16.7 Å². The molecule has 1 fully saturated rings. The van der Waals surface area contributed by atoms with Crippen molar-refractivity contribution in [2.24, 2.45) is 0 Å². The van der Waals surface area contributed by atoms with Gasteiger partial charge in [-0.2, -0.15) is 0 Å². The van der Waals surface area contributed by atoms with E-state index in [1.54, 1.807) is 20.2 Å². The van der Waals surface area contributed by atoms with E-state index in [1.807, 2.05) is 28.8 Å². The second-order valence-corrected chi connectivity index (χ2v) is 9.93. The van der Waals surface area contributed by atoms with Gasteiger partial charge in [0.2, 0.25) is 5.91 Å². The Morgan fingerprint density at radius 3 is 2.83 bits per heavy atom. The average Bonchev–Trinajstić information content (AvgIpc) is 3.28. The molecule has 29 heavy (non-hydrogen) atoms. The summed E-state index contributed by atoms with van der Waals surface area (Å²) in [7, 11) is 0.214. The molecule has 1 saturated heterocycles. The Morgan fingerprint density at radius 2 is 2.17 bits per heavy atom. The summed E-state index contributed by atoms with van der Waals surface area (Å²) >= 11 is 1.27. The SMILES string of the molecule is C=CCn1c(SCC(=O)N(C)C2CCS(=O)(=O)C2)nnc1-c1ccccc1OC. The molecule has 0 aliphatic carbocycles. The van der Waals surface area contributed by atoms with Crippen molar-refractivity contribution in [3.05, 3.63) is 36.9 Å². The van der Waals surface area contributed by atoms with Gasteiger partial charge in [0.1, 0.15) is 5.75 Å². The van der Waals surface area contributed by atoms with Gasteiger partial charge < -0.3 is 9.64 Å². The number of para-hydroxylation sites is 1. The summed E-state index contributed by atoms with van der Waals surface area (Å²) in [6.45, 7) is 4.27. The molecule has 0 bridgehead atoms. The van der Waals surface area contributed by atoms with Gasteiger partial charge in [-0.1, -0.05) is 30.0 Å². The molecule has 156 valence electrons. The third kappa shape index (κ3) is 4.81. The Morgan fingerprint density at radius 1 is 1.41 bits per heavy atom. The minimum atomic E-state index is -3.04. The van der Waals surface area contributed by atoms with Crippen molar-refractivity contribution in [1.82, 2.24) is 19.7 Å². The number of carbonyl (C=O) groups is 1. The van der Waals surface area contributed by atoms with Crippen LogP contribution in [0.3, 0.4) is 0 Å². The van der Waals surface area contributed by atoms with Crippen LogP contribution in [0.25, 0.3) is 11.4 Å². The van der Waals surface area contributed by atoms with Gasteiger partial charge in [0, 0.05) is 19.6 Å². The van der Waals surface area contributed by atoms with Crippen LogP contribution in [0.1, 0.15) is 6.42 Å². The number of sulfone groups is 1. The molecule has 1 aromatic heterocycles. The van der Waals surface area contributed by atoms with E-state index < -0.39 is 9.84 Å². The Balaban J connectivity index is 1.75. The minimum absolute atomic E-state index is 0.0322. The number of carbonyl (C=O) groups excluding carboxylic acids is 1. The van der Waals surface area contributed by atoms with Crippen LogP contribution >= 0.6 is 11.8 Å². The highest BCUT2D eigenvalue weighted by molar-refractivity contribution is 7.99. The van der Waals surface area contributed by atoms with Gasteiger partial charge in [-0.25, -0.2) is 8.42 Å². The highest BCUT2D eigenvalue weighted by Crippen LogP contribution is 2.31. The number of benzene rings is 1. The summed E-state index contributed by atoms with van der Waals surface area (Å²) in [4.78, 5) is 14.1. The molecule has 2 heterocycles. The van der Waals surface area contributed by atoms with E-state index in [0.717, 1.165) is 5.56 Å². The van der Waals surface area contributed by atoms with Gasteiger partial charge in [-0.3, -0.25) is 9.36 Å². The van der Waals surface area contributed by atoms with E-state index in [9.17, 15) is 13.2 Å². The van der Waals surface area contributed by atoms with E-state index in [4.69, 9.17) is 4.74 Å². The first-order valence-corrected chi connectivity index (χ1v) is 11.9. The van der Waals surface area contributed by atoms with Gasteiger partial charge in [0.15, 0.2) is 20.8 Å². The zero-order valence-corrected chi connectivity index (χ0v) is 18.1. The number of amides is 1. The van der Waals surface area contributed by atoms with Crippen molar-refractivity contribution in [1.29, 1.82) is 0 Å². The molecular weight excluding hydrogens is 412 g/mol. The van der Waals surface area contributed by atoms with Crippen molar-refractivity contribution in [2.45, 2.75) is 24.2 Å². The number of methoxy groups -OCH3 is 1. The fourth-order valence-corrected chi connectivity index (χ4v) is 5.88. The predicted molar refractivity (Wildman–Crippen MR) is 113 cm³/mol. The van der Waals surface area contributed by atoms with Crippen LogP contribution in [0.2, 0.25) is 0 Å². The Hall–Kier alpha value is -2.33. The van der Waals surface area contributed by atoms with E-state index in [-0.39, 0.29) is 29.2 Å². The number of thioether (sulfide) groups is 1. The van der Waals surface area contributed by atoms with Crippen molar-refractivity contribution < 1.29 is 17.9 Å². The van der Waals surface area contributed by atoms with Crippen molar-refractivity contribution in [3.63, 3.8) is 0 Å². The standard InChI is InChI=1S/C19H24N4O4S2/c1-4-10-23-18(15-7-5-6-8-16(15)27-3)20-21-19(23)28-12-17(24)22(2)14-9-11-29(25,26)13-14/h4-8,14H,1,9-13H2,2-3H3. The number of ether oxygens (including phenoxy) is 1. The molecular formula is C19H24N4O4S2. The zero-order chi connectivity index (χ0) is 21.0. The van der Waals surface area contributed by atoms with Gasteiger partial charge in [-0.15, -0.1) is 16.8 Å². The quantitative estimate of drug-likeness (QED) is 0.461. The molecule has 8 nitrogen and oxygen atoms in total. The predicted octanol–water partition coefficient (Wildman–Crippen LogP) is 1.88. The van der Waals surface area contributed by atoms with E-state index >= 15 is 0 Å². The molecule has 0 N–H and O–H groups in total. The maximum Gasteiger partial charge on any atom is 0.233 e. The monoisotopic (exact) mass is 436 g/mol. The van der Waals surface area contributed by atoms with Crippen LogP contribution < -0.4 is 4.74 Å². The number of hydrogen-bond donors (Lipinski definition) is 0.